The molecule has 0 spiro atoms. The summed E-state index contributed by atoms with van der Waals surface area (Å²) in [5.74, 6) is -3.34. The first kappa shape index (κ1) is 34.1. The zero-order valence-corrected chi connectivity index (χ0v) is 24.6. The van der Waals surface area contributed by atoms with Crippen molar-refractivity contribution in [2.45, 2.75) is 56.3 Å². The molecule has 12 N–H and O–H groups in total. The molecule has 1 heterocycles. The molecule has 0 aliphatic heterocycles. The summed E-state index contributed by atoms with van der Waals surface area (Å²) < 4.78 is 0. The summed E-state index contributed by atoms with van der Waals surface area (Å²) in [5, 5.41) is 27.1. The predicted molar refractivity (Wildman–Crippen MR) is 166 cm³/mol. The molecular weight excluding hydrogens is 582 g/mol. The van der Waals surface area contributed by atoms with E-state index in [2.05, 4.69) is 30.9 Å². The van der Waals surface area contributed by atoms with Crippen LogP contribution in [0.3, 0.4) is 0 Å². The number of hydrogen-bond donors (Lipinski definition) is 9. The number of benzene rings is 2. The Balaban J connectivity index is 1.77. The fourth-order valence-corrected chi connectivity index (χ4v) is 4.45. The van der Waals surface area contributed by atoms with Gasteiger partial charge in [0.2, 0.25) is 17.7 Å². The highest BCUT2D eigenvalue weighted by Gasteiger charge is 2.31. The number of carboxylic acid groups (broad SMARTS) is 1. The lowest BCUT2D eigenvalue weighted by Crippen LogP contribution is -2.58. The van der Waals surface area contributed by atoms with E-state index < -0.39 is 47.9 Å². The summed E-state index contributed by atoms with van der Waals surface area (Å²) in [6, 6.07) is 10.5. The van der Waals surface area contributed by atoms with Gasteiger partial charge in [0.05, 0.1) is 12.4 Å². The number of phenols is 1. The average Bonchev–Trinajstić information content (AvgIpc) is 3.52. The van der Waals surface area contributed by atoms with Crippen molar-refractivity contribution in [3.63, 3.8) is 0 Å². The van der Waals surface area contributed by atoms with Crippen molar-refractivity contribution in [3.8, 4) is 5.75 Å². The molecule has 0 aliphatic carbocycles. The molecule has 15 heteroatoms. The quantitative estimate of drug-likeness (QED) is 0.0507. The van der Waals surface area contributed by atoms with E-state index in [4.69, 9.17) is 17.2 Å². The molecule has 3 rings (SSSR count). The van der Waals surface area contributed by atoms with Crippen LogP contribution < -0.4 is 33.2 Å². The van der Waals surface area contributed by atoms with Crippen molar-refractivity contribution < 1.29 is 29.4 Å². The van der Waals surface area contributed by atoms with Gasteiger partial charge in [-0.3, -0.25) is 19.4 Å². The van der Waals surface area contributed by atoms with Crippen LogP contribution >= 0.6 is 0 Å². The van der Waals surface area contributed by atoms with E-state index in [9.17, 15) is 29.4 Å². The number of H-pyrrole nitrogens is 1. The number of carbonyl (C=O) groups is 4. The zero-order chi connectivity index (χ0) is 32.8. The molecule has 4 unspecified atom stereocenters. The van der Waals surface area contributed by atoms with E-state index in [1.165, 1.54) is 24.7 Å². The van der Waals surface area contributed by atoms with Gasteiger partial charge in [-0.15, -0.1) is 0 Å². The van der Waals surface area contributed by atoms with Crippen LogP contribution in [0.1, 0.15) is 29.7 Å². The number of carboxylic acids is 1. The topological polar surface area (TPSA) is 264 Å². The minimum Gasteiger partial charge on any atom is -0.508 e. The van der Waals surface area contributed by atoms with E-state index in [0.717, 1.165) is 0 Å². The summed E-state index contributed by atoms with van der Waals surface area (Å²) in [6.07, 6.45) is 3.44. The smallest absolute Gasteiger partial charge is 0.326 e. The Morgan fingerprint density at radius 2 is 1.42 bits per heavy atom. The largest absolute Gasteiger partial charge is 0.508 e. The summed E-state index contributed by atoms with van der Waals surface area (Å²) in [4.78, 5) is 62.8. The number of amides is 3. The van der Waals surface area contributed by atoms with Gasteiger partial charge >= 0.3 is 5.97 Å². The molecule has 0 fully saturated rings. The van der Waals surface area contributed by atoms with Gasteiger partial charge in [-0.05, 0) is 42.5 Å². The van der Waals surface area contributed by atoms with Crippen LogP contribution in [-0.2, 0) is 38.4 Å². The van der Waals surface area contributed by atoms with Crippen molar-refractivity contribution in [2.24, 2.45) is 22.2 Å². The zero-order valence-electron chi connectivity index (χ0n) is 24.6. The summed E-state index contributed by atoms with van der Waals surface area (Å²) in [7, 11) is 0. The monoisotopic (exact) mass is 621 g/mol. The second kappa shape index (κ2) is 17.0. The maximum absolute atomic E-state index is 13.7. The highest BCUT2D eigenvalue weighted by molar-refractivity contribution is 5.94. The number of phenolic OH excluding ortho intramolecular Hbond substituents is 1. The Labute approximate surface area is 259 Å². The van der Waals surface area contributed by atoms with Crippen molar-refractivity contribution >= 4 is 29.7 Å². The molecule has 0 bridgehead atoms. The Hall–Kier alpha value is -5.44. The lowest BCUT2D eigenvalue weighted by atomic mass is 10.0. The number of rotatable bonds is 17. The molecular formula is C30H39N9O6. The maximum atomic E-state index is 13.7. The van der Waals surface area contributed by atoms with Gasteiger partial charge in [0.15, 0.2) is 5.96 Å². The fraction of sp³-hybridized carbons (Fsp3) is 0.333. The van der Waals surface area contributed by atoms with Crippen LogP contribution in [-0.4, -0.2) is 80.5 Å². The number of guanidine groups is 1. The highest BCUT2D eigenvalue weighted by Crippen LogP contribution is 2.12. The Kier molecular flexibility index (Phi) is 12.9. The lowest BCUT2D eigenvalue weighted by molar-refractivity contribution is -0.142. The molecule has 3 amide bonds. The second-order valence-electron chi connectivity index (χ2n) is 10.4. The molecule has 0 aliphatic rings. The summed E-state index contributed by atoms with van der Waals surface area (Å²) >= 11 is 0. The van der Waals surface area contributed by atoms with Crippen LogP contribution in [0.4, 0.5) is 0 Å². The number of aliphatic imine (C=N–C) groups is 1. The second-order valence-corrected chi connectivity index (χ2v) is 10.4. The van der Waals surface area contributed by atoms with Crippen LogP contribution in [0.2, 0.25) is 0 Å². The molecule has 0 radical (unpaired) electrons. The molecule has 240 valence electrons. The van der Waals surface area contributed by atoms with Gasteiger partial charge in [-0.25, -0.2) is 9.78 Å². The minimum atomic E-state index is -1.26. The molecule has 0 saturated heterocycles. The number of aromatic hydroxyl groups is 1. The number of nitrogens with two attached hydrogens (primary N) is 3. The van der Waals surface area contributed by atoms with Crippen molar-refractivity contribution in [1.29, 1.82) is 0 Å². The molecule has 0 saturated carbocycles. The van der Waals surface area contributed by atoms with E-state index in [1.807, 2.05) is 0 Å². The number of aromatic amines is 1. The number of hydrogen-bond acceptors (Lipinski definition) is 8. The average molecular weight is 622 g/mol. The number of nitrogens with one attached hydrogen (secondary N) is 4. The number of nitrogens with zero attached hydrogens (tertiary/aromatic N) is 2. The first-order chi connectivity index (χ1) is 21.5. The lowest BCUT2D eigenvalue weighted by Gasteiger charge is -2.25. The molecule has 3 aromatic rings. The van der Waals surface area contributed by atoms with Crippen LogP contribution in [0, 0.1) is 0 Å². The number of aliphatic carboxylic acids is 1. The summed E-state index contributed by atoms with van der Waals surface area (Å²) in [6.45, 7) is 0.177. The standard InChI is InChI=1S/C30H39N9O6/c31-22(13-19-8-10-21(40)11-9-19)26(41)38-25(15-20-16-34-17-36-20)28(43)39-24(14-18-5-2-1-3-6-18)27(42)37-23(29(44)45)7-4-12-35-30(32)33/h1-3,5-6,8-11,16-17,22-25,40H,4,7,12-15,31H2,(H,34,36)(H,37,42)(H,38,41)(H,39,43)(H,44,45)(H4,32,33,35). The first-order valence-electron chi connectivity index (χ1n) is 14.3. The molecule has 1 aromatic heterocycles. The van der Waals surface area contributed by atoms with Gasteiger partial charge in [0, 0.05) is 31.3 Å². The van der Waals surface area contributed by atoms with E-state index >= 15 is 0 Å². The third kappa shape index (κ3) is 11.6. The van der Waals surface area contributed by atoms with Gasteiger partial charge < -0.3 is 48.3 Å². The van der Waals surface area contributed by atoms with E-state index in [1.54, 1.807) is 42.5 Å². The van der Waals surface area contributed by atoms with Crippen LogP contribution in [0.5, 0.6) is 5.75 Å². The van der Waals surface area contributed by atoms with Crippen LogP contribution in [0.15, 0.2) is 72.1 Å². The van der Waals surface area contributed by atoms with Gasteiger partial charge in [-0.2, -0.15) is 0 Å². The molecule has 45 heavy (non-hydrogen) atoms. The van der Waals surface area contributed by atoms with Crippen molar-refractivity contribution in [1.82, 2.24) is 25.9 Å². The normalized spacial score (nSPS) is 13.4. The third-order valence-corrected chi connectivity index (χ3v) is 6.82. The maximum Gasteiger partial charge on any atom is 0.326 e. The van der Waals surface area contributed by atoms with Gasteiger partial charge in [0.25, 0.3) is 0 Å². The SMILES string of the molecule is NC(N)=NCCCC(NC(=O)C(Cc1ccccc1)NC(=O)C(Cc1cnc[nH]1)NC(=O)C(N)Cc1ccc(O)cc1)C(=O)O. The summed E-state index contributed by atoms with van der Waals surface area (Å²) in [5.41, 5.74) is 18.7. The number of carbonyl (C=O) groups excluding carboxylic acids is 3. The molecule has 15 nitrogen and oxygen atoms in total. The molecule has 4 atom stereocenters. The fourth-order valence-electron chi connectivity index (χ4n) is 4.45. The van der Waals surface area contributed by atoms with Crippen molar-refractivity contribution in [2.75, 3.05) is 6.54 Å². The highest BCUT2D eigenvalue weighted by atomic mass is 16.4. The first-order valence-corrected chi connectivity index (χ1v) is 14.3. The minimum absolute atomic E-state index is 0.00568. The van der Waals surface area contributed by atoms with Crippen molar-refractivity contribution in [3.05, 3.63) is 83.9 Å². The predicted octanol–water partition coefficient (Wildman–Crippen LogP) is -0.937. The Morgan fingerprint density at radius 3 is 2.02 bits per heavy atom. The van der Waals surface area contributed by atoms with Gasteiger partial charge in [0.1, 0.15) is 23.9 Å². The Morgan fingerprint density at radius 1 is 0.822 bits per heavy atom. The number of imidazole rings is 1. The number of aromatic nitrogens is 2. The van der Waals surface area contributed by atoms with E-state index in [-0.39, 0.29) is 50.4 Å². The van der Waals surface area contributed by atoms with E-state index in [0.29, 0.717) is 16.8 Å². The molecule has 2 aromatic carbocycles. The van der Waals surface area contributed by atoms with Crippen LogP contribution in [0.25, 0.3) is 0 Å². The third-order valence-electron chi connectivity index (χ3n) is 6.82. The van der Waals surface area contributed by atoms with Gasteiger partial charge in [-0.1, -0.05) is 42.5 Å². The Bertz CT molecular complexity index is 1430.